The van der Waals surface area contributed by atoms with Gasteiger partial charge in [-0.05, 0) is 97.2 Å². The maximum absolute atomic E-state index is 5.48. The summed E-state index contributed by atoms with van der Waals surface area (Å²) in [5.41, 5.74) is 15.7. The number of rotatable bonds is 13. The summed E-state index contributed by atoms with van der Waals surface area (Å²) < 4.78 is 0. The van der Waals surface area contributed by atoms with Crippen LogP contribution in [0.25, 0.3) is 44.5 Å². The number of nitrogens with zero attached hydrogens (tertiary/aromatic N) is 2. The van der Waals surface area contributed by atoms with Gasteiger partial charge in [-0.1, -0.05) is 148 Å². The van der Waals surface area contributed by atoms with Crippen LogP contribution >= 0.6 is 19.1 Å². The molecule has 0 aliphatic heterocycles. The van der Waals surface area contributed by atoms with Crippen LogP contribution in [0, 0.1) is 0 Å². The van der Waals surface area contributed by atoms with Gasteiger partial charge in [0.05, 0.1) is 22.8 Å². The SMILES string of the molecule is CCCCc1cc(-c2ccccc2)c(N=C(C)C(C)=Nc2c(-c3ccccc3)cc(CCCC)cc2-c2ccccc2)c(-c2ccccc2)c1.[Cl][Pd][Cl]. The molecule has 0 radical (unpaired) electrons. The minimum atomic E-state index is -0.106. The summed E-state index contributed by atoms with van der Waals surface area (Å²) in [7, 11) is 9.63. The summed E-state index contributed by atoms with van der Waals surface area (Å²) in [6.45, 7) is 8.72. The normalized spacial score (nSPS) is 11.7. The average molecular weight is 830 g/mol. The summed E-state index contributed by atoms with van der Waals surface area (Å²) in [4.78, 5) is 11.0. The van der Waals surface area contributed by atoms with Gasteiger partial charge in [0.1, 0.15) is 0 Å². The van der Waals surface area contributed by atoms with Crippen LogP contribution in [0.2, 0.25) is 0 Å². The van der Waals surface area contributed by atoms with Gasteiger partial charge in [-0.25, -0.2) is 0 Å². The monoisotopic (exact) mass is 828 g/mol. The predicted octanol–water partition coefficient (Wildman–Crippen LogP) is 15.3. The number of hydrogen-bond donors (Lipinski definition) is 0. The summed E-state index contributed by atoms with van der Waals surface area (Å²) in [6.07, 6.45) is 6.70. The Morgan fingerprint density at radius 1 is 0.453 bits per heavy atom. The first-order chi connectivity index (χ1) is 26.0. The van der Waals surface area contributed by atoms with E-state index >= 15 is 0 Å². The molecule has 0 N–H and O–H groups in total. The second-order valence-electron chi connectivity index (χ2n) is 13.2. The Morgan fingerprint density at radius 2 is 0.698 bits per heavy atom. The van der Waals surface area contributed by atoms with Crippen LogP contribution in [0.1, 0.15) is 64.5 Å². The van der Waals surface area contributed by atoms with Gasteiger partial charge in [0, 0.05) is 22.3 Å². The van der Waals surface area contributed by atoms with E-state index in [4.69, 9.17) is 29.0 Å². The number of benzene rings is 6. The van der Waals surface area contributed by atoms with Crippen LogP contribution < -0.4 is 0 Å². The Labute approximate surface area is 333 Å². The quantitative estimate of drug-likeness (QED) is 0.0818. The second-order valence-corrected chi connectivity index (χ2v) is 15.6. The predicted molar refractivity (Wildman–Crippen MR) is 229 cm³/mol. The van der Waals surface area contributed by atoms with E-state index in [0.29, 0.717) is 0 Å². The van der Waals surface area contributed by atoms with Crippen LogP contribution in [-0.4, -0.2) is 11.4 Å². The van der Waals surface area contributed by atoms with Crippen molar-refractivity contribution in [3.05, 3.63) is 157 Å². The van der Waals surface area contributed by atoms with E-state index < -0.39 is 0 Å². The molecule has 0 atom stereocenters. The van der Waals surface area contributed by atoms with Gasteiger partial charge in [-0.15, -0.1) is 0 Å². The molecule has 0 unspecified atom stereocenters. The third-order valence-electron chi connectivity index (χ3n) is 9.40. The van der Waals surface area contributed by atoms with Crippen molar-refractivity contribution >= 4 is 41.9 Å². The third-order valence-corrected chi connectivity index (χ3v) is 9.40. The Hall–Kier alpha value is -4.10. The molecule has 0 aliphatic carbocycles. The maximum atomic E-state index is 5.48. The Morgan fingerprint density at radius 3 is 0.925 bits per heavy atom. The average Bonchev–Trinajstić information content (AvgIpc) is 3.21. The van der Waals surface area contributed by atoms with E-state index in [-0.39, 0.29) is 15.9 Å². The standard InChI is InChI=1S/C48H48N2.2ClH.Pd/c1-5-7-21-37-31-43(39-23-13-9-14-24-39)47(44(32-37)40-25-15-10-16-26-40)49-35(3)36(4)50-48-45(41-27-17-11-18-28-41)33-38(22-8-6-2)34-46(48)42-29-19-12-20-30-42;;;/h9-20,23-34H,5-8,21-22H2,1-4H3;2*1H;/q;;;+2/p-2. The van der Waals surface area contributed by atoms with Crippen LogP contribution in [0.4, 0.5) is 11.4 Å². The molecule has 0 amide bonds. The fourth-order valence-electron chi connectivity index (χ4n) is 6.53. The molecule has 0 saturated carbocycles. The molecular formula is C48H48Cl2N2Pd. The van der Waals surface area contributed by atoms with Crippen LogP contribution in [0.5, 0.6) is 0 Å². The van der Waals surface area contributed by atoms with E-state index in [1.165, 1.54) is 33.4 Å². The van der Waals surface area contributed by atoms with E-state index in [0.717, 1.165) is 83.6 Å². The fraction of sp³-hybridized carbons (Fsp3) is 0.208. The van der Waals surface area contributed by atoms with E-state index in [2.05, 4.69) is 173 Å². The zero-order valence-electron chi connectivity index (χ0n) is 31.1. The van der Waals surface area contributed by atoms with Crippen molar-refractivity contribution < 1.29 is 15.9 Å². The molecule has 0 aromatic heterocycles. The first kappa shape index (κ1) is 40.1. The summed E-state index contributed by atoms with van der Waals surface area (Å²) in [5.74, 6) is 0. The molecular weight excluding hydrogens is 782 g/mol. The van der Waals surface area contributed by atoms with Crippen molar-refractivity contribution in [1.82, 2.24) is 0 Å². The number of halogens is 2. The number of aryl methyl sites for hydroxylation is 2. The number of unbranched alkanes of at least 4 members (excludes halogenated alkanes) is 2. The molecule has 5 heteroatoms. The van der Waals surface area contributed by atoms with Gasteiger partial charge in [0.2, 0.25) is 0 Å². The summed E-state index contributed by atoms with van der Waals surface area (Å²) >= 11 is -0.106. The molecule has 6 aromatic carbocycles. The first-order valence-electron chi connectivity index (χ1n) is 18.5. The molecule has 0 heterocycles. The molecule has 53 heavy (non-hydrogen) atoms. The van der Waals surface area contributed by atoms with Gasteiger partial charge in [-0.2, -0.15) is 0 Å². The van der Waals surface area contributed by atoms with Crippen LogP contribution in [-0.2, 0) is 28.8 Å². The van der Waals surface area contributed by atoms with Crippen molar-refractivity contribution in [2.45, 2.75) is 66.2 Å². The topological polar surface area (TPSA) is 24.7 Å². The molecule has 0 fully saturated rings. The van der Waals surface area contributed by atoms with Gasteiger partial charge >= 0.3 is 35.0 Å². The van der Waals surface area contributed by atoms with Crippen molar-refractivity contribution in [2.24, 2.45) is 9.98 Å². The van der Waals surface area contributed by atoms with Crippen molar-refractivity contribution in [2.75, 3.05) is 0 Å². The number of aliphatic imine (C=N–C) groups is 2. The molecule has 0 saturated heterocycles. The fourth-order valence-corrected chi connectivity index (χ4v) is 6.53. The summed E-state index contributed by atoms with van der Waals surface area (Å²) in [6, 6.07) is 52.2. The van der Waals surface area contributed by atoms with E-state index in [1.807, 2.05) is 0 Å². The molecule has 0 spiro atoms. The van der Waals surface area contributed by atoms with Gasteiger partial charge in [0.25, 0.3) is 0 Å². The minimum absolute atomic E-state index is 0.106. The van der Waals surface area contributed by atoms with E-state index in [9.17, 15) is 0 Å². The van der Waals surface area contributed by atoms with Crippen molar-refractivity contribution in [3.63, 3.8) is 0 Å². The van der Waals surface area contributed by atoms with E-state index in [1.54, 1.807) is 0 Å². The van der Waals surface area contributed by atoms with Crippen LogP contribution in [0.3, 0.4) is 0 Å². The van der Waals surface area contributed by atoms with Gasteiger partial charge in [0.15, 0.2) is 0 Å². The Bertz CT molecular complexity index is 1820. The van der Waals surface area contributed by atoms with Crippen LogP contribution in [0.15, 0.2) is 156 Å². The Balaban J connectivity index is 0.00000175. The zero-order chi connectivity index (χ0) is 37.4. The van der Waals surface area contributed by atoms with Gasteiger partial charge in [-0.3, -0.25) is 9.98 Å². The second kappa shape index (κ2) is 21.0. The van der Waals surface area contributed by atoms with Gasteiger partial charge < -0.3 is 0 Å². The van der Waals surface area contributed by atoms with Crippen molar-refractivity contribution in [1.29, 1.82) is 0 Å². The molecule has 274 valence electrons. The van der Waals surface area contributed by atoms with Crippen molar-refractivity contribution in [3.8, 4) is 44.5 Å². The zero-order valence-corrected chi connectivity index (χ0v) is 34.1. The molecule has 2 nitrogen and oxygen atoms in total. The third kappa shape index (κ3) is 11.0. The Kier molecular flexibility index (Phi) is 15.9. The number of hydrogen-bond acceptors (Lipinski definition) is 2. The molecule has 0 bridgehead atoms. The summed E-state index contributed by atoms with van der Waals surface area (Å²) in [5, 5.41) is 0. The molecule has 6 aromatic rings. The molecule has 0 aliphatic rings. The first-order valence-corrected chi connectivity index (χ1v) is 22.5. The molecule has 6 rings (SSSR count).